The molecular weight excluding hydrogens is 371 g/mol. The van der Waals surface area contributed by atoms with Crippen molar-refractivity contribution in [1.82, 2.24) is 0 Å². The first-order valence-electron chi connectivity index (χ1n) is 9.68. The van der Waals surface area contributed by atoms with Gasteiger partial charge in [-0.2, -0.15) is 0 Å². The molecule has 0 fully saturated rings. The van der Waals surface area contributed by atoms with Crippen LogP contribution >= 0.6 is 11.8 Å². The number of hydrogen-bond donors (Lipinski definition) is 1. The number of hydrogen-bond acceptors (Lipinski definition) is 3. The van der Waals surface area contributed by atoms with E-state index in [4.69, 9.17) is 0 Å². The third-order valence-corrected chi connectivity index (χ3v) is 6.88. The van der Waals surface area contributed by atoms with Gasteiger partial charge in [0, 0.05) is 23.5 Å². The van der Waals surface area contributed by atoms with Gasteiger partial charge >= 0.3 is 0 Å². The number of carbonyl (C=O) groups excluding carboxylic acids is 1. The van der Waals surface area contributed by atoms with E-state index >= 15 is 0 Å². The first-order chi connectivity index (χ1) is 13.3. The zero-order valence-corrected chi connectivity index (χ0v) is 17.7. The standard InChI is InChI=1S/C24H27FO2S/c1-14-9-15(2)23(16(3)10-14)24-20(26)11-18(12-21(24)27)17(4)13-28-22-8-6-5-7-19(22)25/h5-10,17-18,26H,11-13H2,1-4H3. The SMILES string of the molecule is Cc1cc(C)c(C2=C(O)CC(C(C)CSc3ccccc3F)CC2=O)c(C)c1. The number of benzene rings is 2. The average Bonchev–Trinajstić information content (AvgIpc) is 2.62. The Labute approximate surface area is 170 Å². The average molecular weight is 399 g/mol. The number of aliphatic hydroxyl groups is 1. The van der Waals surface area contributed by atoms with Gasteiger partial charge in [0.25, 0.3) is 0 Å². The second-order valence-corrected chi connectivity index (χ2v) is 8.97. The van der Waals surface area contributed by atoms with Gasteiger partial charge in [0.05, 0.1) is 5.57 Å². The molecule has 3 rings (SSSR count). The van der Waals surface area contributed by atoms with Gasteiger partial charge in [-0.3, -0.25) is 4.79 Å². The summed E-state index contributed by atoms with van der Waals surface area (Å²) < 4.78 is 13.8. The van der Waals surface area contributed by atoms with Gasteiger partial charge in [0.15, 0.2) is 5.78 Å². The van der Waals surface area contributed by atoms with Crippen LogP contribution in [-0.2, 0) is 4.79 Å². The van der Waals surface area contributed by atoms with E-state index in [1.807, 2.05) is 26.8 Å². The largest absolute Gasteiger partial charge is 0.512 e. The van der Waals surface area contributed by atoms with E-state index in [-0.39, 0.29) is 29.2 Å². The molecule has 2 atom stereocenters. The predicted molar refractivity (Wildman–Crippen MR) is 114 cm³/mol. The summed E-state index contributed by atoms with van der Waals surface area (Å²) in [5, 5.41) is 10.8. The molecule has 2 nitrogen and oxygen atoms in total. The quantitative estimate of drug-likeness (QED) is 0.590. The van der Waals surface area contributed by atoms with Crippen LogP contribution in [0.5, 0.6) is 0 Å². The van der Waals surface area contributed by atoms with Crippen molar-refractivity contribution in [2.45, 2.75) is 45.4 Å². The molecule has 0 saturated carbocycles. The molecule has 2 unspecified atom stereocenters. The molecule has 0 bridgehead atoms. The van der Waals surface area contributed by atoms with Crippen molar-refractivity contribution >= 4 is 23.1 Å². The van der Waals surface area contributed by atoms with E-state index in [2.05, 4.69) is 19.1 Å². The Kier molecular flexibility index (Phi) is 6.29. The molecule has 4 heteroatoms. The Hall–Kier alpha value is -2.07. The fourth-order valence-electron chi connectivity index (χ4n) is 4.10. The lowest BCUT2D eigenvalue weighted by Gasteiger charge is -2.29. The topological polar surface area (TPSA) is 37.3 Å². The zero-order chi connectivity index (χ0) is 20.4. The van der Waals surface area contributed by atoms with Gasteiger partial charge in [0.2, 0.25) is 0 Å². The van der Waals surface area contributed by atoms with Crippen LogP contribution in [0.1, 0.15) is 42.0 Å². The van der Waals surface area contributed by atoms with Crippen molar-refractivity contribution in [2.75, 3.05) is 5.75 Å². The molecule has 2 aromatic carbocycles. The summed E-state index contributed by atoms with van der Waals surface area (Å²) in [6.07, 6.45) is 0.915. The second-order valence-electron chi connectivity index (χ2n) is 7.91. The summed E-state index contributed by atoms with van der Waals surface area (Å²) in [5.41, 5.74) is 4.56. The second kappa shape index (κ2) is 8.52. The van der Waals surface area contributed by atoms with E-state index in [1.165, 1.54) is 17.8 Å². The lowest BCUT2D eigenvalue weighted by molar-refractivity contribution is -0.115. The Morgan fingerprint density at radius 1 is 1.14 bits per heavy atom. The van der Waals surface area contributed by atoms with Crippen LogP contribution in [0.3, 0.4) is 0 Å². The predicted octanol–water partition coefficient (Wildman–Crippen LogP) is 6.43. The zero-order valence-electron chi connectivity index (χ0n) is 16.9. The lowest BCUT2D eigenvalue weighted by atomic mass is 9.77. The van der Waals surface area contributed by atoms with Crippen LogP contribution in [0.15, 0.2) is 47.1 Å². The highest BCUT2D eigenvalue weighted by Crippen LogP contribution is 2.39. The number of aliphatic hydroxyl groups excluding tert-OH is 1. The minimum absolute atomic E-state index is 0.00606. The molecule has 0 spiro atoms. The van der Waals surface area contributed by atoms with Crippen molar-refractivity contribution in [1.29, 1.82) is 0 Å². The molecule has 0 amide bonds. The number of allylic oxidation sites excluding steroid dienone is 2. The number of thioether (sulfide) groups is 1. The first kappa shape index (κ1) is 20.7. The van der Waals surface area contributed by atoms with Crippen molar-refractivity contribution in [3.8, 4) is 0 Å². The fourth-order valence-corrected chi connectivity index (χ4v) is 5.20. The molecule has 0 aromatic heterocycles. The summed E-state index contributed by atoms with van der Waals surface area (Å²) in [5.74, 6) is 0.962. The van der Waals surface area contributed by atoms with Gasteiger partial charge in [-0.15, -0.1) is 11.8 Å². The van der Waals surface area contributed by atoms with E-state index in [0.29, 0.717) is 29.1 Å². The monoisotopic (exact) mass is 398 g/mol. The molecule has 1 aliphatic carbocycles. The van der Waals surface area contributed by atoms with E-state index in [9.17, 15) is 14.3 Å². The highest BCUT2D eigenvalue weighted by molar-refractivity contribution is 7.99. The van der Waals surface area contributed by atoms with Gasteiger partial charge < -0.3 is 5.11 Å². The molecule has 0 aliphatic heterocycles. The smallest absolute Gasteiger partial charge is 0.167 e. The number of rotatable bonds is 5. The van der Waals surface area contributed by atoms with Crippen LogP contribution in [0, 0.1) is 38.4 Å². The Balaban J connectivity index is 1.77. The number of halogens is 1. The molecule has 2 aromatic rings. The number of Topliss-reactive ketones (excluding diaryl/α,β-unsaturated/α-hetero) is 1. The van der Waals surface area contributed by atoms with E-state index < -0.39 is 0 Å². The maximum Gasteiger partial charge on any atom is 0.167 e. The van der Waals surface area contributed by atoms with Crippen LogP contribution in [-0.4, -0.2) is 16.6 Å². The molecule has 0 saturated heterocycles. The van der Waals surface area contributed by atoms with Crippen LogP contribution in [0.2, 0.25) is 0 Å². The maximum absolute atomic E-state index is 13.8. The van der Waals surface area contributed by atoms with Crippen molar-refractivity contribution in [3.05, 3.63) is 70.2 Å². The summed E-state index contributed by atoms with van der Waals surface area (Å²) in [6.45, 7) is 8.09. The Morgan fingerprint density at radius 3 is 2.39 bits per heavy atom. The highest BCUT2D eigenvalue weighted by atomic mass is 32.2. The van der Waals surface area contributed by atoms with Gasteiger partial charge in [0.1, 0.15) is 11.6 Å². The summed E-state index contributed by atoms with van der Waals surface area (Å²) in [6, 6.07) is 10.8. The highest BCUT2D eigenvalue weighted by Gasteiger charge is 2.32. The van der Waals surface area contributed by atoms with Crippen molar-refractivity contribution in [3.63, 3.8) is 0 Å². The Bertz CT molecular complexity index is 909. The number of aryl methyl sites for hydroxylation is 3. The van der Waals surface area contributed by atoms with E-state index in [0.717, 1.165) is 22.3 Å². The van der Waals surface area contributed by atoms with Crippen LogP contribution < -0.4 is 0 Å². The molecule has 0 heterocycles. The Morgan fingerprint density at radius 2 is 1.79 bits per heavy atom. The summed E-state index contributed by atoms with van der Waals surface area (Å²) in [4.78, 5) is 13.6. The summed E-state index contributed by atoms with van der Waals surface area (Å²) >= 11 is 1.47. The molecule has 148 valence electrons. The molecular formula is C24H27FO2S. The first-order valence-corrected chi connectivity index (χ1v) is 10.7. The third kappa shape index (κ3) is 4.33. The molecule has 1 aliphatic rings. The van der Waals surface area contributed by atoms with Crippen molar-refractivity contribution < 1.29 is 14.3 Å². The molecule has 1 N–H and O–H groups in total. The fraction of sp³-hybridized carbons (Fsp3) is 0.375. The van der Waals surface area contributed by atoms with Gasteiger partial charge in [-0.25, -0.2) is 4.39 Å². The van der Waals surface area contributed by atoms with E-state index in [1.54, 1.807) is 12.1 Å². The molecule has 0 radical (unpaired) electrons. The number of ketones is 1. The minimum Gasteiger partial charge on any atom is -0.512 e. The van der Waals surface area contributed by atoms with Crippen LogP contribution in [0.25, 0.3) is 5.57 Å². The lowest BCUT2D eigenvalue weighted by Crippen LogP contribution is -2.25. The molecule has 28 heavy (non-hydrogen) atoms. The van der Waals surface area contributed by atoms with Gasteiger partial charge in [-0.05, 0) is 61.4 Å². The third-order valence-electron chi connectivity index (χ3n) is 5.54. The van der Waals surface area contributed by atoms with Crippen molar-refractivity contribution in [2.24, 2.45) is 11.8 Å². The summed E-state index contributed by atoms with van der Waals surface area (Å²) in [7, 11) is 0. The normalized spacial score (nSPS) is 18.5. The van der Waals surface area contributed by atoms with Crippen LogP contribution in [0.4, 0.5) is 4.39 Å². The van der Waals surface area contributed by atoms with Gasteiger partial charge in [-0.1, -0.05) is 36.8 Å². The number of carbonyl (C=O) groups is 1. The maximum atomic E-state index is 13.8. The minimum atomic E-state index is -0.213.